The Kier molecular flexibility index (Phi) is 9.24. The lowest BCUT2D eigenvalue weighted by atomic mass is 10.1. The van der Waals surface area contributed by atoms with Gasteiger partial charge in [0.05, 0.1) is 42.8 Å². The highest BCUT2D eigenvalue weighted by Gasteiger charge is 2.19. The van der Waals surface area contributed by atoms with E-state index in [-0.39, 0.29) is 22.2 Å². The second-order valence-electron chi connectivity index (χ2n) is 9.34. The SMILES string of the molecule is COc1ccc(-c2cnc3c(Nc4ccc(C(=O)NCCOCCN5CCNCC5)c(Cl)c4)nccn23)c(F)c1F. The number of carbonyl (C=O) groups is 1. The van der Waals surface area contributed by atoms with Crippen molar-refractivity contribution in [2.45, 2.75) is 0 Å². The molecule has 0 spiro atoms. The third-order valence-electron chi connectivity index (χ3n) is 6.74. The van der Waals surface area contributed by atoms with Gasteiger partial charge in [0.1, 0.15) is 0 Å². The summed E-state index contributed by atoms with van der Waals surface area (Å²) in [6.45, 7) is 6.28. The molecule has 10 nitrogen and oxygen atoms in total. The highest BCUT2D eigenvalue weighted by molar-refractivity contribution is 6.34. The predicted octanol–water partition coefficient (Wildman–Crippen LogP) is 3.73. The van der Waals surface area contributed by atoms with Gasteiger partial charge in [0.2, 0.25) is 5.82 Å². The first-order valence-corrected chi connectivity index (χ1v) is 13.5. The number of piperazine rings is 1. The van der Waals surface area contributed by atoms with Gasteiger partial charge in [-0.05, 0) is 30.3 Å². The van der Waals surface area contributed by atoms with Crippen molar-refractivity contribution in [3.8, 4) is 17.0 Å². The number of nitrogens with one attached hydrogen (secondary N) is 3. The molecular formula is C28H30ClF2N7O3. The van der Waals surface area contributed by atoms with E-state index in [1.165, 1.54) is 31.6 Å². The van der Waals surface area contributed by atoms with Gasteiger partial charge >= 0.3 is 0 Å². The molecule has 2 aromatic heterocycles. The molecule has 1 saturated heterocycles. The average Bonchev–Trinajstić information content (AvgIpc) is 3.42. The number of aromatic nitrogens is 3. The van der Waals surface area contributed by atoms with Gasteiger partial charge in [-0.3, -0.25) is 14.1 Å². The number of amides is 1. The van der Waals surface area contributed by atoms with Crippen LogP contribution < -0.4 is 20.7 Å². The fourth-order valence-electron chi connectivity index (χ4n) is 4.57. The number of imidazole rings is 1. The van der Waals surface area contributed by atoms with Crippen LogP contribution in [0.4, 0.5) is 20.3 Å². The summed E-state index contributed by atoms with van der Waals surface area (Å²) in [6.07, 6.45) is 4.54. The van der Waals surface area contributed by atoms with E-state index in [2.05, 4.69) is 30.8 Å². The molecule has 1 amide bonds. The number of methoxy groups -OCH3 is 1. The van der Waals surface area contributed by atoms with Gasteiger partial charge in [-0.15, -0.1) is 0 Å². The van der Waals surface area contributed by atoms with Crippen molar-refractivity contribution in [3.63, 3.8) is 0 Å². The molecule has 3 heterocycles. The molecule has 0 bridgehead atoms. The lowest BCUT2D eigenvalue weighted by Gasteiger charge is -2.26. The normalized spacial score (nSPS) is 13.9. The van der Waals surface area contributed by atoms with Crippen LogP contribution in [0.3, 0.4) is 0 Å². The van der Waals surface area contributed by atoms with Crippen LogP contribution in [0.2, 0.25) is 5.02 Å². The maximum absolute atomic E-state index is 14.8. The van der Waals surface area contributed by atoms with Crippen molar-refractivity contribution < 1.29 is 23.0 Å². The number of benzene rings is 2. The zero-order valence-corrected chi connectivity index (χ0v) is 23.2. The van der Waals surface area contributed by atoms with E-state index in [9.17, 15) is 13.6 Å². The smallest absolute Gasteiger partial charge is 0.252 e. The molecule has 1 aliphatic heterocycles. The molecule has 3 N–H and O–H groups in total. The number of fused-ring (bicyclic) bond motifs is 1. The van der Waals surface area contributed by atoms with Gasteiger partial charge < -0.3 is 25.4 Å². The fraction of sp³-hybridized carbons (Fsp3) is 0.321. The maximum Gasteiger partial charge on any atom is 0.252 e. The van der Waals surface area contributed by atoms with Gasteiger partial charge in [0.15, 0.2) is 23.0 Å². The Morgan fingerprint density at radius 3 is 2.73 bits per heavy atom. The first kappa shape index (κ1) is 28.7. The van der Waals surface area contributed by atoms with E-state index >= 15 is 0 Å². The highest BCUT2D eigenvalue weighted by atomic mass is 35.5. The molecule has 216 valence electrons. The van der Waals surface area contributed by atoms with Crippen LogP contribution in [-0.4, -0.2) is 84.8 Å². The van der Waals surface area contributed by atoms with Crippen LogP contribution >= 0.6 is 11.6 Å². The summed E-state index contributed by atoms with van der Waals surface area (Å²) < 4.78 is 41.2. The van der Waals surface area contributed by atoms with Crippen molar-refractivity contribution in [1.29, 1.82) is 0 Å². The van der Waals surface area contributed by atoms with E-state index in [1.807, 2.05) is 0 Å². The van der Waals surface area contributed by atoms with Crippen LogP contribution in [0.25, 0.3) is 16.9 Å². The molecule has 1 aliphatic rings. The summed E-state index contributed by atoms with van der Waals surface area (Å²) in [5, 5.41) is 9.52. The molecule has 4 aromatic rings. The second-order valence-corrected chi connectivity index (χ2v) is 9.74. The number of halogens is 3. The first-order valence-electron chi connectivity index (χ1n) is 13.2. The lowest BCUT2D eigenvalue weighted by Crippen LogP contribution is -2.44. The van der Waals surface area contributed by atoms with Crippen LogP contribution in [0.5, 0.6) is 5.75 Å². The van der Waals surface area contributed by atoms with E-state index < -0.39 is 11.6 Å². The summed E-state index contributed by atoms with van der Waals surface area (Å²) in [6, 6.07) is 7.69. The van der Waals surface area contributed by atoms with Crippen molar-refractivity contribution in [2.75, 3.05) is 64.9 Å². The van der Waals surface area contributed by atoms with Gasteiger partial charge in [-0.1, -0.05) is 11.6 Å². The number of hydrogen-bond donors (Lipinski definition) is 3. The Balaban J connectivity index is 1.20. The van der Waals surface area contributed by atoms with Gasteiger partial charge in [-0.25, -0.2) is 14.4 Å². The summed E-state index contributed by atoms with van der Waals surface area (Å²) in [7, 11) is 1.27. The Labute approximate surface area is 240 Å². The Morgan fingerprint density at radius 1 is 1.12 bits per heavy atom. The summed E-state index contributed by atoms with van der Waals surface area (Å²) in [5.41, 5.74) is 1.63. The third kappa shape index (κ3) is 6.57. The lowest BCUT2D eigenvalue weighted by molar-refractivity contribution is 0.0865. The van der Waals surface area contributed by atoms with Crippen molar-refractivity contribution in [3.05, 3.63) is 71.1 Å². The summed E-state index contributed by atoms with van der Waals surface area (Å²) >= 11 is 6.43. The molecule has 0 radical (unpaired) electrons. The van der Waals surface area contributed by atoms with Crippen LogP contribution in [0.15, 0.2) is 48.9 Å². The minimum Gasteiger partial charge on any atom is -0.494 e. The predicted molar refractivity (Wildman–Crippen MR) is 152 cm³/mol. The second kappa shape index (κ2) is 13.2. The molecule has 2 aromatic carbocycles. The van der Waals surface area contributed by atoms with Gasteiger partial charge in [0, 0.05) is 62.9 Å². The van der Waals surface area contributed by atoms with Gasteiger partial charge in [0.25, 0.3) is 5.91 Å². The number of nitrogens with zero attached hydrogens (tertiary/aromatic N) is 4. The van der Waals surface area contributed by atoms with Crippen molar-refractivity contribution >= 4 is 34.7 Å². The average molecular weight is 586 g/mol. The zero-order chi connectivity index (χ0) is 28.8. The van der Waals surface area contributed by atoms with Gasteiger partial charge in [-0.2, -0.15) is 4.39 Å². The zero-order valence-electron chi connectivity index (χ0n) is 22.4. The largest absolute Gasteiger partial charge is 0.494 e. The molecule has 0 atom stereocenters. The van der Waals surface area contributed by atoms with Crippen LogP contribution in [0.1, 0.15) is 10.4 Å². The number of hydrogen-bond acceptors (Lipinski definition) is 8. The molecular weight excluding hydrogens is 556 g/mol. The Morgan fingerprint density at radius 2 is 1.95 bits per heavy atom. The molecule has 0 unspecified atom stereocenters. The Bertz CT molecular complexity index is 1530. The summed E-state index contributed by atoms with van der Waals surface area (Å²) in [4.78, 5) is 23.7. The number of anilines is 2. The third-order valence-corrected chi connectivity index (χ3v) is 7.05. The monoisotopic (exact) mass is 585 g/mol. The fourth-order valence-corrected chi connectivity index (χ4v) is 4.84. The van der Waals surface area contributed by atoms with Crippen LogP contribution in [0, 0.1) is 11.6 Å². The van der Waals surface area contributed by atoms with E-state index in [0.29, 0.717) is 48.2 Å². The topological polar surface area (TPSA) is 105 Å². The molecule has 5 rings (SSSR count). The van der Waals surface area contributed by atoms with Crippen molar-refractivity contribution in [1.82, 2.24) is 29.9 Å². The number of carbonyl (C=O) groups excluding carboxylic acids is 1. The van der Waals surface area contributed by atoms with Crippen molar-refractivity contribution in [2.24, 2.45) is 0 Å². The standard InChI is InChI=1S/C28H30ClF2N7O3/c1-40-23-5-4-20(24(30)25(23)31)22-17-35-27-26(33-8-12-38(22)27)36-18-2-3-19(21(29)16-18)28(39)34-9-14-41-15-13-37-10-6-32-7-11-37/h2-5,8,12,16-17,32H,6-7,9-11,13-15H2,1H3,(H,33,36)(H,34,39). The van der Waals surface area contributed by atoms with E-state index in [1.54, 1.807) is 28.8 Å². The quantitative estimate of drug-likeness (QED) is 0.229. The minimum absolute atomic E-state index is 0.0244. The maximum atomic E-state index is 14.8. The molecule has 41 heavy (non-hydrogen) atoms. The highest BCUT2D eigenvalue weighted by Crippen LogP contribution is 2.32. The molecule has 13 heteroatoms. The molecule has 0 saturated carbocycles. The summed E-state index contributed by atoms with van der Waals surface area (Å²) in [5.74, 6) is -2.25. The Hall–Kier alpha value is -3.84. The number of rotatable bonds is 11. The van der Waals surface area contributed by atoms with E-state index in [4.69, 9.17) is 21.1 Å². The van der Waals surface area contributed by atoms with Crippen LogP contribution in [-0.2, 0) is 4.74 Å². The van der Waals surface area contributed by atoms with E-state index in [0.717, 1.165) is 32.7 Å². The molecule has 0 aliphatic carbocycles. The number of ether oxygens (including phenoxy) is 2. The first-order chi connectivity index (χ1) is 20.0. The minimum atomic E-state index is -1.08. The molecule has 1 fully saturated rings.